The predicted molar refractivity (Wildman–Crippen MR) is 149 cm³/mol. The molecule has 1 amide bonds. The molecule has 194 valence electrons. The van der Waals surface area contributed by atoms with Gasteiger partial charge in [0, 0.05) is 33.9 Å². The van der Waals surface area contributed by atoms with Gasteiger partial charge in [-0.1, -0.05) is 42.3 Å². The highest BCUT2D eigenvalue weighted by molar-refractivity contribution is 7.80. The first kappa shape index (κ1) is 26.4. The fourth-order valence-corrected chi connectivity index (χ4v) is 4.48. The van der Waals surface area contributed by atoms with Crippen molar-refractivity contribution in [2.24, 2.45) is 5.10 Å². The maximum Gasteiger partial charge on any atom is 0.338 e. The number of amides is 1. The highest BCUT2D eigenvalue weighted by Gasteiger charge is 2.32. The number of nitrogens with one attached hydrogen (secondary N) is 3. The molecule has 2 aromatic carbocycles. The number of esters is 1. The Morgan fingerprint density at radius 1 is 1.24 bits per heavy atom. The summed E-state index contributed by atoms with van der Waals surface area (Å²) in [5, 5.41) is 11.5. The summed E-state index contributed by atoms with van der Waals surface area (Å²) in [6, 6.07) is 14.3. The molecule has 0 spiro atoms. The van der Waals surface area contributed by atoms with Gasteiger partial charge in [0.2, 0.25) is 0 Å². The summed E-state index contributed by atoms with van der Waals surface area (Å²) in [6.07, 6.45) is 8.93. The van der Waals surface area contributed by atoms with Crippen LogP contribution in [0.15, 0.2) is 71.1 Å². The lowest BCUT2D eigenvalue weighted by atomic mass is 9.95. The molecule has 0 saturated heterocycles. The molecule has 0 aliphatic carbocycles. The van der Waals surface area contributed by atoms with E-state index in [-0.39, 0.29) is 13.2 Å². The van der Waals surface area contributed by atoms with Crippen LogP contribution in [-0.2, 0) is 20.9 Å². The Morgan fingerprint density at radius 2 is 2.00 bits per heavy atom. The fourth-order valence-electron chi connectivity index (χ4n) is 4.21. The van der Waals surface area contributed by atoms with Crippen molar-refractivity contribution in [1.29, 1.82) is 0 Å². The number of thiocarbonyl (C=S) groups is 1. The molecule has 3 aromatic rings. The largest absolute Gasteiger partial charge is 0.483 e. The standard InChI is InChI=1S/C28H27N5O4S/c1-4-14-33-16-19(20-10-6-8-12-22(20)33)15-29-32-24(34)17-37-23-13-9-7-11-21(23)26-25(27(35)36-5-2)18(3)30-28(38)31-26/h1,6-13,15-16,26H,5,14,17H2,2-3H3,(H,32,34)(H2,30,31,38)/t26-/m1/s1. The Labute approximate surface area is 225 Å². The molecule has 4 rings (SSSR count). The molecule has 0 saturated carbocycles. The van der Waals surface area contributed by atoms with Crippen molar-refractivity contribution in [3.63, 3.8) is 0 Å². The van der Waals surface area contributed by atoms with Crippen LogP contribution in [0.4, 0.5) is 0 Å². The minimum Gasteiger partial charge on any atom is -0.483 e. The van der Waals surface area contributed by atoms with Gasteiger partial charge in [0.1, 0.15) is 5.75 Å². The van der Waals surface area contributed by atoms with E-state index in [1.54, 1.807) is 38.3 Å². The van der Waals surface area contributed by atoms with Crippen LogP contribution in [0.25, 0.3) is 10.9 Å². The zero-order valence-electron chi connectivity index (χ0n) is 21.0. The highest BCUT2D eigenvalue weighted by atomic mass is 32.1. The number of hydrazone groups is 1. The number of ether oxygens (including phenoxy) is 2. The average molecular weight is 530 g/mol. The second-order valence-corrected chi connectivity index (χ2v) is 8.75. The van der Waals surface area contributed by atoms with Gasteiger partial charge in [0.25, 0.3) is 5.91 Å². The maximum absolute atomic E-state index is 12.7. The van der Waals surface area contributed by atoms with Gasteiger partial charge in [-0.15, -0.1) is 6.42 Å². The zero-order chi connectivity index (χ0) is 27.1. The van der Waals surface area contributed by atoms with E-state index in [2.05, 4.69) is 27.1 Å². The van der Waals surface area contributed by atoms with Crippen LogP contribution in [0, 0.1) is 12.3 Å². The second-order valence-electron chi connectivity index (χ2n) is 8.34. The van der Waals surface area contributed by atoms with Crippen LogP contribution in [0.2, 0.25) is 0 Å². The minimum atomic E-state index is -0.611. The van der Waals surface area contributed by atoms with Crippen molar-refractivity contribution in [2.45, 2.75) is 26.4 Å². The Bertz CT molecular complexity index is 1480. The smallest absolute Gasteiger partial charge is 0.338 e. The SMILES string of the molecule is C#CCn1cc(C=NNC(=O)COc2ccccc2[C@H]2NC(=S)NC(C)=C2C(=O)OCC)c2ccccc21. The van der Waals surface area contributed by atoms with Crippen LogP contribution in [-0.4, -0.2) is 41.0 Å². The van der Waals surface area contributed by atoms with Gasteiger partial charge in [-0.2, -0.15) is 5.10 Å². The lowest BCUT2D eigenvalue weighted by Gasteiger charge is -2.30. The molecule has 38 heavy (non-hydrogen) atoms. The number of rotatable bonds is 9. The quantitative estimate of drug-likeness (QED) is 0.129. The van der Waals surface area contributed by atoms with Crippen molar-refractivity contribution in [3.8, 4) is 18.1 Å². The second kappa shape index (κ2) is 12.1. The molecular formula is C28H27N5O4S. The molecule has 0 radical (unpaired) electrons. The zero-order valence-corrected chi connectivity index (χ0v) is 21.8. The minimum absolute atomic E-state index is 0.232. The average Bonchev–Trinajstić information content (AvgIpc) is 3.25. The molecule has 1 aromatic heterocycles. The maximum atomic E-state index is 12.7. The van der Waals surface area contributed by atoms with Crippen LogP contribution in [0.3, 0.4) is 0 Å². The summed E-state index contributed by atoms with van der Waals surface area (Å²) in [7, 11) is 0. The molecule has 9 nitrogen and oxygen atoms in total. The summed E-state index contributed by atoms with van der Waals surface area (Å²) in [6.45, 7) is 3.86. The molecule has 2 heterocycles. The summed E-state index contributed by atoms with van der Waals surface area (Å²) < 4.78 is 13.0. The number of benzene rings is 2. The molecule has 1 aliphatic rings. The van der Waals surface area contributed by atoms with E-state index in [9.17, 15) is 9.59 Å². The van der Waals surface area contributed by atoms with Gasteiger partial charge in [-0.05, 0) is 38.2 Å². The van der Waals surface area contributed by atoms with E-state index in [1.165, 1.54) is 0 Å². The van der Waals surface area contributed by atoms with Crippen LogP contribution in [0.1, 0.15) is 31.0 Å². The van der Waals surface area contributed by atoms with Gasteiger partial charge in [-0.3, -0.25) is 4.79 Å². The molecule has 1 aliphatic heterocycles. The van der Waals surface area contributed by atoms with Crippen molar-refractivity contribution < 1.29 is 19.1 Å². The number of allylic oxidation sites excluding steroid dienone is 1. The monoisotopic (exact) mass is 529 g/mol. The van der Waals surface area contributed by atoms with E-state index in [0.717, 1.165) is 16.5 Å². The third-order valence-corrected chi connectivity index (χ3v) is 6.05. The molecule has 0 bridgehead atoms. The third-order valence-electron chi connectivity index (χ3n) is 5.83. The first-order chi connectivity index (χ1) is 18.4. The summed E-state index contributed by atoms with van der Waals surface area (Å²) >= 11 is 5.31. The Hall–Kier alpha value is -4.62. The molecule has 10 heteroatoms. The molecule has 3 N–H and O–H groups in total. The number of nitrogens with zero attached hydrogens (tertiary/aromatic N) is 2. The van der Waals surface area contributed by atoms with Crippen molar-refractivity contribution >= 4 is 46.3 Å². The fraction of sp³-hybridized carbons (Fsp3) is 0.214. The predicted octanol–water partition coefficient (Wildman–Crippen LogP) is 3.16. The van der Waals surface area contributed by atoms with Gasteiger partial charge >= 0.3 is 5.97 Å². The summed E-state index contributed by atoms with van der Waals surface area (Å²) in [4.78, 5) is 25.2. The summed E-state index contributed by atoms with van der Waals surface area (Å²) in [5.41, 5.74) is 5.90. The number of terminal acetylenes is 1. The van der Waals surface area contributed by atoms with Crippen molar-refractivity contribution in [3.05, 3.63) is 77.1 Å². The van der Waals surface area contributed by atoms with E-state index in [1.807, 2.05) is 41.1 Å². The number of carbonyl (C=O) groups is 2. The van der Waals surface area contributed by atoms with Crippen molar-refractivity contribution in [2.75, 3.05) is 13.2 Å². The van der Waals surface area contributed by atoms with E-state index >= 15 is 0 Å². The topological polar surface area (TPSA) is 106 Å². The normalized spacial score (nSPS) is 15.1. The number of para-hydroxylation sites is 2. The van der Waals surface area contributed by atoms with Gasteiger partial charge in [0.15, 0.2) is 11.7 Å². The lowest BCUT2D eigenvalue weighted by Crippen LogP contribution is -2.45. The van der Waals surface area contributed by atoms with Gasteiger partial charge < -0.3 is 24.7 Å². The first-order valence-electron chi connectivity index (χ1n) is 11.9. The van der Waals surface area contributed by atoms with E-state index in [4.69, 9.17) is 28.1 Å². The number of fused-ring (bicyclic) bond motifs is 1. The molecule has 0 fully saturated rings. The number of hydrogen-bond acceptors (Lipinski definition) is 6. The summed E-state index contributed by atoms with van der Waals surface area (Å²) in [5.74, 6) is 2.13. The Balaban J connectivity index is 1.46. The van der Waals surface area contributed by atoms with Gasteiger partial charge in [-0.25, -0.2) is 10.2 Å². The number of hydrogen-bond donors (Lipinski definition) is 3. The number of aromatic nitrogens is 1. The number of carbonyl (C=O) groups excluding carboxylic acids is 2. The molecule has 0 unspecified atom stereocenters. The Morgan fingerprint density at radius 3 is 2.79 bits per heavy atom. The van der Waals surface area contributed by atoms with E-state index < -0.39 is 17.9 Å². The van der Waals surface area contributed by atoms with Crippen LogP contribution >= 0.6 is 12.2 Å². The lowest BCUT2D eigenvalue weighted by molar-refractivity contribution is -0.139. The Kier molecular flexibility index (Phi) is 8.40. The molecular weight excluding hydrogens is 502 g/mol. The highest BCUT2D eigenvalue weighted by Crippen LogP contribution is 2.33. The van der Waals surface area contributed by atoms with Crippen LogP contribution in [0.5, 0.6) is 5.75 Å². The first-order valence-corrected chi connectivity index (χ1v) is 12.3. The van der Waals surface area contributed by atoms with Gasteiger partial charge in [0.05, 0.1) is 31.0 Å². The van der Waals surface area contributed by atoms with Crippen LogP contribution < -0.4 is 20.8 Å². The van der Waals surface area contributed by atoms with Crippen molar-refractivity contribution in [1.82, 2.24) is 20.6 Å². The molecule has 1 atom stereocenters. The van der Waals surface area contributed by atoms with E-state index in [0.29, 0.717) is 34.2 Å². The third kappa shape index (κ3) is 5.85.